The van der Waals surface area contributed by atoms with Crippen molar-refractivity contribution in [2.75, 3.05) is 26.4 Å². The Morgan fingerprint density at radius 2 is 0.645 bits per heavy atom. The summed E-state index contributed by atoms with van der Waals surface area (Å²) in [6.45, 7) is 4.66. The van der Waals surface area contributed by atoms with Crippen LogP contribution in [-0.2, 0) is 42.2 Å². The van der Waals surface area contributed by atoms with Crippen molar-refractivity contribution in [3.8, 4) is 0 Å². The Labute approximate surface area is 467 Å². The molecule has 0 aromatic heterocycles. The maximum atomic E-state index is 12.9. The van der Waals surface area contributed by atoms with E-state index in [1.54, 1.807) is 0 Å². The highest BCUT2D eigenvalue weighted by Crippen LogP contribution is 2.43. The van der Waals surface area contributed by atoms with Gasteiger partial charge in [-0.15, -0.1) is 0 Å². The van der Waals surface area contributed by atoms with Gasteiger partial charge >= 0.3 is 25.7 Å². The molecule has 0 rings (SSSR count). The molecular formula is C64H119O11P. The van der Waals surface area contributed by atoms with Crippen LogP contribution in [0.4, 0.5) is 0 Å². The minimum Gasteiger partial charge on any atom is -0.462 e. The number of hydrogen-bond acceptors (Lipinski definition) is 10. The zero-order valence-electron chi connectivity index (χ0n) is 49.5. The molecular weight excluding hydrogens is 976 g/mol. The zero-order chi connectivity index (χ0) is 55.5. The van der Waals surface area contributed by atoms with Crippen molar-refractivity contribution in [2.45, 2.75) is 328 Å². The number of allylic oxidation sites excluding steroid dienone is 6. The van der Waals surface area contributed by atoms with Crippen molar-refractivity contribution in [3.05, 3.63) is 36.5 Å². The minimum absolute atomic E-state index is 0.162. The van der Waals surface area contributed by atoms with Crippen LogP contribution in [0.3, 0.4) is 0 Å². The Kier molecular flexibility index (Phi) is 57.1. The van der Waals surface area contributed by atoms with Gasteiger partial charge in [-0.2, -0.15) is 0 Å². The lowest BCUT2D eigenvalue weighted by Crippen LogP contribution is -2.30. The van der Waals surface area contributed by atoms with Gasteiger partial charge in [0.15, 0.2) is 6.10 Å². The second-order valence-corrected chi connectivity index (χ2v) is 23.0. The van der Waals surface area contributed by atoms with E-state index >= 15 is 0 Å². The van der Waals surface area contributed by atoms with Gasteiger partial charge in [0.1, 0.15) is 12.7 Å². The fourth-order valence-corrected chi connectivity index (χ4v) is 9.93. The Bertz CT molecular complexity index is 1420. The molecule has 76 heavy (non-hydrogen) atoms. The van der Waals surface area contributed by atoms with E-state index in [0.29, 0.717) is 19.3 Å². The summed E-state index contributed by atoms with van der Waals surface area (Å²) in [7, 11) is -4.75. The van der Waals surface area contributed by atoms with Crippen LogP contribution in [-0.4, -0.2) is 66.5 Å². The molecule has 11 nitrogen and oxygen atoms in total. The Balaban J connectivity index is 4.69. The van der Waals surface area contributed by atoms with Crippen LogP contribution in [0.1, 0.15) is 316 Å². The predicted molar refractivity (Wildman–Crippen MR) is 316 cm³/mol. The number of carbonyl (C=O) groups excluding carboxylic acids is 3. The first-order valence-electron chi connectivity index (χ1n) is 31.9. The van der Waals surface area contributed by atoms with Crippen molar-refractivity contribution < 1.29 is 52.2 Å². The normalized spacial score (nSPS) is 13.5. The molecule has 0 aromatic carbocycles. The molecule has 0 heterocycles. The van der Waals surface area contributed by atoms with E-state index in [-0.39, 0.29) is 25.9 Å². The van der Waals surface area contributed by atoms with Crippen molar-refractivity contribution in [1.29, 1.82) is 0 Å². The van der Waals surface area contributed by atoms with Gasteiger partial charge in [-0.1, -0.05) is 256 Å². The quantitative estimate of drug-likeness (QED) is 0.0197. The first-order chi connectivity index (χ1) is 37.2. The van der Waals surface area contributed by atoms with E-state index in [9.17, 15) is 28.9 Å². The number of hydrogen-bond donors (Lipinski definition) is 2. The van der Waals surface area contributed by atoms with Gasteiger partial charge in [-0.25, -0.2) is 4.57 Å². The molecule has 0 aliphatic heterocycles. The van der Waals surface area contributed by atoms with E-state index in [4.69, 9.17) is 23.3 Å². The average Bonchev–Trinajstić information content (AvgIpc) is 3.41. The lowest BCUT2D eigenvalue weighted by Gasteiger charge is -2.21. The van der Waals surface area contributed by atoms with Crippen molar-refractivity contribution in [1.82, 2.24) is 0 Å². The summed E-state index contributed by atoms with van der Waals surface area (Å²) in [6.07, 6.45) is 62.3. The molecule has 2 N–H and O–H groups in total. The van der Waals surface area contributed by atoms with Crippen LogP contribution in [0.2, 0.25) is 0 Å². The van der Waals surface area contributed by atoms with E-state index in [0.717, 1.165) is 96.3 Å². The van der Waals surface area contributed by atoms with Crippen molar-refractivity contribution >= 4 is 25.7 Å². The molecule has 0 spiro atoms. The summed E-state index contributed by atoms with van der Waals surface area (Å²) in [4.78, 5) is 48.7. The maximum absolute atomic E-state index is 12.9. The third kappa shape index (κ3) is 56.4. The third-order valence-electron chi connectivity index (χ3n) is 14.0. The fourth-order valence-electron chi connectivity index (χ4n) is 9.15. The summed E-state index contributed by atoms with van der Waals surface area (Å²) < 4.78 is 39.7. The van der Waals surface area contributed by atoms with Gasteiger partial charge in [0.05, 0.1) is 19.8 Å². The number of phosphoric ester groups is 1. The van der Waals surface area contributed by atoms with E-state index in [2.05, 4.69) is 57.2 Å². The van der Waals surface area contributed by atoms with E-state index in [1.807, 2.05) is 0 Å². The van der Waals surface area contributed by atoms with Crippen molar-refractivity contribution in [3.63, 3.8) is 0 Å². The number of aliphatic hydroxyl groups is 1. The molecule has 12 heteroatoms. The predicted octanol–water partition coefficient (Wildman–Crippen LogP) is 19.2. The smallest absolute Gasteiger partial charge is 0.462 e. The molecule has 0 aliphatic rings. The Morgan fingerprint density at radius 1 is 0.368 bits per heavy atom. The van der Waals surface area contributed by atoms with Gasteiger partial charge in [-0.3, -0.25) is 23.4 Å². The molecule has 0 aromatic rings. The number of rotatable bonds is 60. The summed E-state index contributed by atoms with van der Waals surface area (Å²) >= 11 is 0. The Morgan fingerprint density at radius 3 is 1.01 bits per heavy atom. The maximum Gasteiger partial charge on any atom is 0.472 e. The monoisotopic (exact) mass is 1090 g/mol. The molecule has 0 amide bonds. The SMILES string of the molecule is CCCCC/C=C\C/C=C\CCCCCCCCCC(=O)OC(COC(=O)CCCCCCCCCCCCCCCCCCC)COP(=O)(O)OCC(CO)OC(=O)CCCCCCC/C=C\CCCCCCCC. The lowest BCUT2D eigenvalue weighted by atomic mass is 10.0. The second-order valence-electron chi connectivity index (χ2n) is 21.6. The number of aliphatic hydroxyl groups excluding tert-OH is 1. The van der Waals surface area contributed by atoms with Gasteiger partial charge in [0.25, 0.3) is 0 Å². The second kappa shape index (κ2) is 58.8. The number of phosphoric acid groups is 1. The molecule has 446 valence electrons. The number of carbonyl (C=O) groups is 3. The number of ether oxygens (including phenoxy) is 3. The largest absolute Gasteiger partial charge is 0.472 e. The molecule has 0 aliphatic carbocycles. The van der Waals surface area contributed by atoms with Crippen LogP contribution in [0.15, 0.2) is 36.5 Å². The third-order valence-corrected chi connectivity index (χ3v) is 15.0. The average molecular weight is 1100 g/mol. The first kappa shape index (κ1) is 73.7. The topological polar surface area (TPSA) is 155 Å². The van der Waals surface area contributed by atoms with Crippen LogP contribution >= 0.6 is 7.82 Å². The summed E-state index contributed by atoms with van der Waals surface area (Å²) in [5.41, 5.74) is 0. The van der Waals surface area contributed by atoms with E-state index < -0.39 is 57.8 Å². The standard InChI is InChI=1S/C64H119O11P/c1-4-7-10-13-16-19-22-25-28-30-33-35-38-41-44-47-50-53-62(66)71-57-61(75-64(68)55-52-49-46-43-40-37-34-31-29-26-23-20-17-14-11-8-5-2)59-73-76(69,70)72-58-60(56-65)74-63(67)54-51-48-45-42-39-36-32-27-24-21-18-15-12-9-6-3/h17,20,26-27,29,32,60-61,65H,4-16,18-19,21-25,28,30-31,33-59H2,1-3H3,(H,69,70)/b20-17-,29-26-,32-27-. The Hall–Kier alpha value is -2.30. The number of unbranched alkanes of at least 4 members (excludes halogenated alkanes) is 37. The molecule has 0 bridgehead atoms. The molecule has 0 fully saturated rings. The van der Waals surface area contributed by atoms with Gasteiger partial charge < -0.3 is 24.2 Å². The van der Waals surface area contributed by atoms with Crippen LogP contribution in [0.5, 0.6) is 0 Å². The lowest BCUT2D eigenvalue weighted by molar-refractivity contribution is -0.161. The molecule has 0 radical (unpaired) electrons. The highest BCUT2D eigenvalue weighted by molar-refractivity contribution is 7.47. The zero-order valence-corrected chi connectivity index (χ0v) is 50.4. The van der Waals surface area contributed by atoms with Crippen LogP contribution in [0.25, 0.3) is 0 Å². The number of esters is 3. The molecule has 0 saturated carbocycles. The highest BCUT2D eigenvalue weighted by Gasteiger charge is 2.28. The molecule has 3 atom stereocenters. The summed E-state index contributed by atoms with van der Waals surface area (Å²) in [5, 5.41) is 9.84. The van der Waals surface area contributed by atoms with Gasteiger partial charge in [-0.05, 0) is 77.0 Å². The van der Waals surface area contributed by atoms with Gasteiger partial charge in [0, 0.05) is 19.3 Å². The molecule has 3 unspecified atom stereocenters. The van der Waals surface area contributed by atoms with E-state index in [1.165, 1.54) is 161 Å². The molecule has 0 saturated heterocycles. The summed E-state index contributed by atoms with van der Waals surface area (Å²) in [6, 6.07) is 0. The fraction of sp³-hybridized carbons (Fsp3) is 0.859. The summed E-state index contributed by atoms with van der Waals surface area (Å²) in [5.74, 6) is -1.46. The highest BCUT2D eigenvalue weighted by atomic mass is 31.2. The first-order valence-corrected chi connectivity index (χ1v) is 33.4. The van der Waals surface area contributed by atoms with Crippen LogP contribution < -0.4 is 0 Å². The van der Waals surface area contributed by atoms with Gasteiger partial charge in [0.2, 0.25) is 0 Å². The van der Waals surface area contributed by atoms with Crippen LogP contribution in [0, 0.1) is 0 Å². The van der Waals surface area contributed by atoms with Crippen molar-refractivity contribution in [2.24, 2.45) is 0 Å². The minimum atomic E-state index is -4.75.